The van der Waals surface area contributed by atoms with Crippen molar-refractivity contribution in [2.24, 2.45) is 0 Å². The minimum atomic E-state index is 0.367. The maximum atomic E-state index is 5.82. The summed E-state index contributed by atoms with van der Waals surface area (Å²) in [5, 5.41) is 0. The van der Waals surface area contributed by atoms with Crippen molar-refractivity contribution in [2.75, 3.05) is 12.3 Å². The molecule has 0 aliphatic heterocycles. The van der Waals surface area contributed by atoms with Crippen molar-refractivity contribution in [1.29, 1.82) is 0 Å². The highest BCUT2D eigenvalue weighted by Crippen LogP contribution is 2.13. The molecule has 0 saturated heterocycles. The van der Waals surface area contributed by atoms with E-state index in [0.29, 0.717) is 24.9 Å². The summed E-state index contributed by atoms with van der Waals surface area (Å²) in [5.74, 6) is 2.75. The molecule has 6 heteroatoms. The van der Waals surface area contributed by atoms with Gasteiger partial charge in [-0.05, 0) is 13.3 Å². The van der Waals surface area contributed by atoms with E-state index >= 15 is 0 Å². The summed E-state index contributed by atoms with van der Waals surface area (Å²) in [7, 11) is 0. The van der Waals surface area contributed by atoms with Gasteiger partial charge in [0.2, 0.25) is 0 Å². The molecule has 0 spiro atoms. The van der Waals surface area contributed by atoms with Gasteiger partial charge in [-0.3, -0.25) is 4.57 Å². The van der Waals surface area contributed by atoms with E-state index in [1.165, 1.54) is 0 Å². The summed E-state index contributed by atoms with van der Waals surface area (Å²) in [6.07, 6.45) is 5.59. The zero-order valence-corrected chi connectivity index (χ0v) is 11.3. The van der Waals surface area contributed by atoms with Gasteiger partial charge < -0.3 is 10.5 Å². The Labute approximate surface area is 112 Å². The van der Waals surface area contributed by atoms with E-state index < -0.39 is 0 Å². The van der Waals surface area contributed by atoms with Crippen molar-refractivity contribution in [3.8, 4) is 5.82 Å². The maximum Gasteiger partial charge on any atom is 0.158 e. The second-order valence-corrected chi connectivity index (χ2v) is 4.17. The highest BCUT2D eigenvalue weighted by Gasteiger charge is 2.08. The largest absolute Gasteiger partial charge is 0.384 e. The fourth-order valence-corrected chi connectivity index (χ4v) is 1.84. The van der Waals surface area contributed by atoms with Crippen LogP contribution in [-0.4, -0.2) is 26.1 Å². The lowest BCUT2D eigenvalue weighted by atomic mass is 10.3. The van der Waals surface area contributed by atoms with Crippen LogP contribution in [0.5, 0.6) is 0 Å². The number of rotatable bonds is 6. The molecule has 0 aromatic carbocycles. The Hall–Kier alpha value is -1.95. The topological polar surface area (TPSA) is 78.9 Å². The van der Waals surface area contributed by atoms with Crippen LogP contribution in [0.3, 0.4) is 0 Å². The predicted octanol–water partition coefficient (Wildman–Crippen LogP) is 1.73. The smallest absolute Gasteiger partial charge is 0.158 e. The van der Waals surface area contributed by atoms with Gasteiger partial charge in [-0.2, -0.15) is 0 Å². The van der Waals surface area contributed by atoms with Crippen molar-refractivity contribution in [2.45, 2.75) is 33.3 Å². The molecule has 0 atom stereocenters. The van der Waals surface area contributed by atoms with E-state index in [9.17, 15) is 0 Å². The van der Waals surface area contributed by atoms with Gasteiger partial charge in [0, 0.05) is 31.5 Å². The lowest BCUT2D eigenvalue weighted by Crippen LogP contribution is -2.09. The number of hydrogen-bond acceptors (Lipinski definition) is 5. The first-order valence-electron chi connectivity index (χ1n) is 6.48. The van der Waals surface area contributed by atoms with Crippen LogP contribution in [0.15, 0.2) is 18.5 Å². The Morgan fingerprint density at radius 2 is 2.16 bits per heavy atom. The summed E-state index contributed by atoms with van der Waals surface area (Å²) in [6, 6.07) is 1.75. The van der Waals surface area contributed by atoms with Crippen LogP contribution in [0.4, 0.5) is 5.82 Å². The molecular formula is C13H19N5O. The molecule has 0 unspecified atom stereocenters. The number of hydrogen-bond donors (Lipinski definition) is 1. The first-order valence-corrected chi connectivity index (χ1v) is 6.48. The molecule has 0 amide bonds. The van der Waals surface area contributed by atoms with Gasteiger partial charge in [0.15, 0.2) is 5.82 Å². The van der Waals surface area contributed by atoms with Gasteiger partial charge in [0.05, 0.1) is 0 Å². The highest BCUT2D eigenvalue weighted by molar-refractivity contribution is 5.38. The molecule has 0 fully saturated rings. The van der Waals surface area contributed by atoms with Crippen molar-refractivity contribution < 1.29 is 4.74 Å². The molecule has 2 heterocycles. The molecule has 2 aromatic rings. The van der Waals surface area contributed by atoms with Gasteiger partial charge in [-0.1, -0.05) is 6.92 Å². The summed E-state index contributed by atoms with van der Waals surface area (Å²) in [6.45, 7) is 5.04. The molecule has 0 saturated carbocycles. The fraction of sp³-hybridized carbons (Fsp3) is 0.462. The van der Waals surface area contributed by atoms with Gasteiger partial charge in [-0.15, -0.1) is 0 Å². The van der Waals surface area contributed by atoms with E-state index in [0.717, 1.165) is 24.5 Å². The molecule has 0 radical (unpaired) electrons. The van der Waals surface area contributed by atoms with Crippen molar-refractivity contribution >= 4 is 5.82 Å². The number of imidazole rings is 1. The second kappa shape index (κ2) is 6.29. The van der Waals surface area contributed by atoms with E-state index in [4.69, 9.17) is 10.5 Å². The third-order valence-electron chi connectivity index (χ3n) is 2.65. The zero-order valence-electron chi connectivity index (χ0n) is 11.3. The molecule has 2 aromatic heterocycles. The second-order valence-electron chi connectivity index (χ2n) is 4.17. The monoisotopic (exact) mass is 261 g/mol. The molecule has 0 aliphatic rings. The Kier molecular flexibility index (Phi) is 4.46. The van der Waals surface area contributed by atoms with Crippen molar-refractivity contribution in [3.63, 3.8) is 0 Å². The predicted molar refractivity (Wildman–Crippen MR) is 72.9 cm³/mol. The first-order chi connectivity index (χ1) is 9.24. The van der Waals surface area contributed by atoms with Gasteiger partial charge in [0.25, 0.3) is 0 Å². The van der Waals surface area contributed by atoms with Gasteiger partial charge in [-0.25, -0.2) is 15.0 Å². The van der Waals surface area contributed by atoms with Crippen molar-refractivity contribution in [1.82, 2.24) is 19.5 Å². The van der Waals surface area contributed by atoms with E-state index in [2.05, 4.69) is 21.9 Å². The quantitative estimate of drug-likeness (QED) is 0.856. The minimum absolute atomic E-state index is 0.367. The first kappa shape index (κ1) is 13.5. The SMILES string of the molecule is CCCc1nccn1-c1cc(N)nc(COCC)n1. The van der Waals surface area contributed by atoms with Gasteiger partial charge >= 0.3 is 0 Å². The van der Waals surface area contributed by atoms with E-state index in [1.807, 2.05) is 17.7 Å². The number of aryl methyl sites for hydroxylation is 1. The third kappa shape index (κ3) is 3.29. The zero-order chi connectivity index (χ0) is 13.7. The summed E-state index contributed by atoms with van der Waals surface area (Å²) < 4.78 is 7.26. The average Bonchev–Trinajstić information content (AvgIpc) is 2.84. The lowest BCUT2D eigenvalue weighted by molar-refractivity contribution is 0.128. The molecule has 19 heavy (non-hydrogen) atoms. The Morgan fingerprint density at radius 1 is 1.32 bits per heavy atom. The normalized spacial score (nSPS) is 10.8. The van der Waals surface area contributed by atoms with E-state index in [-0.39, 0.29) is 0 Å². The van der Waals surface area contributed by atoms with Crippen molar-refractivity contribution in [3.05, 3.63) is 30.1 Å². The van der Waals surface area contributed by atoms with Crippen LogP contribution < -0.4 is 5.73 Å². The van der Waals surface area contributed by atoms with Crippen LogP contribution in [0.25, 0.3) is 5.82 Å². The fourth-order valence-electron chi connectivity index (χ4n) is 1.84. The summed E-state index contributed by atoms with van der Waals surface area (Å²) in [5.41, 5.74) is 5.82. The number of nitrogens with two attached hydrogens (primary N) is 1. The molecule has 6 nitrogen and oxygen atoms in total. The number of anilines is 1. The standard InChI is InChI=1S/C13H19N5O/c1-3-5-12-15-6-7-18(12)13-8-10(14)16-11(17-13)9-19-4-2/h6-8H,3-5,9H2,1-2H3,(H2,14,16,17). The number of nitrogens with zero attached hydrogens (tertiary/aromatic N) is 4. The molecule has 2 N–H and O–H groups in total. The Bertz CT molecular complexity index is 538. The lowest BCUT2D eigenvalue weighted by Gasteiger charge is -2.09. The maximum absolute atomic E-state index is 5.82. The molecule has 0 bridgehead atoms. The van der Waals surface area contributed by atoms with Crippen LogP contribution in [0.2, 0.25) is 0 Å². The molecule has 102 valence electrons. The Balaban J connectivity index is 2.32. The van der Waals surface area contributed by atoms with E-state index in [1.54, 1.807) is 12.3 Å². The molecular weight excluding hydrogens is 242 g/mol. The van der Waals surface area contributed by atoms with Crippen LogP contribution in [0.1, 0.15) is 31.9 Å². The summed E-state index contributed by atoms with van der Waals surface area (Å²) >= 11 is 0. The minimum Gasteiger partial charge on any atom is -0.384 e. The van der Waals surface area contributed by atoms with Crippen LogP contribution >= 0.6 is 0 Å². The molecule has 2 rings (SSSR count). The highest BCUT2D eigenvalue weighted by atomic mass is 16.5. The Morgan fingerprint density at radius 3 is 2.89 bits per heavy atom. The van der Waals surface area contributed by atoms with Gasteiger partial charge in [0.1, 0.15) is 24.1 Å². The molecule has 0 aliphatic carbocycles. The van der Waals surface area contributed by atoms with Crippen LogP contribution in [0, 0.1) is 0 Å². The average molecular weight is 261 g/mol. The number of nitrogen functional groups attached to an aromatic ring is 1. The summed E-state index contributed by atoms with van der Waals surface area (Å²) in [4.78, 5) is 13.0. The van der Waals surface area contributed by atoms with Crippen LogP contribution in [-0.2, 0) is 17.8 Å². The number of aromatic nitrogens is 4. The number of ether oxygens (including phenoxy) is 1. The third-order valence-corrected chi connectivity index (χ3v) is 2.65.